The highest BCUT2D eigenvalue weighted by atomic mass is 16.4. The summed E-state index contributed by atoms with van der Waals surface area (Å²) in [4.78, 5) is 15.1. The van der Waals surface area contributed by atoms with Crippen LogP contribution in [0.25, 0.3) is 0 Å². The van der Waals surface area contributed by atoms with Crippen LogP contribution in [-0.4, -0.2) is 30.4 Å². The molecule has 90 valence electrons. The van der Waals surface area contributed by atoms with Crippen molar-refractivity contribution in [3.05, 3.63) is 36.2 Å². The lowest BCUT2D eigenvalue weighted by molar-refractivity contribution is 0.0685. The zero-order valence-corrected chi connectivity index (χ0v) is 9.74. The number of carboxylic acid groups (broad SMARTS) is 1. The Hall–Kier alpha value is -2.11. The summed E-state index contributed by atoms with van der Waals surface area (Å²) >= 11 is 0. The molecule has 0 bridgehead atoms. The molecule has 17 heavy (non-hydrogen) atoms. The average Bonchev–Trinajstić information content (AvgIpc) is 2.86. The Morgan fingerprint density at radius 1 is 1.53 bits per heavy atom. The van der Waals surface area contributed by atoms with Gasteiger partial charge in [0.1, 0.15) is 17.8 Å². The lowest BCUT2D eigenvalue weighted by atomic mass is 10.4. The smallest absolute Gasteiger partial charge is 0.352 e. The molecule has 0 aliphatic heterocycles. The quantitative estimate of drug-likeness (QED) is 0.868. The van der Waals surface area contributed by atoms with Gasteiger partial charge in [-0.2, -0.15) is 5.10 Å². The maximum atomic E-state index is 11.0. The second-order valence-corrected chi connectivity index (χ2v) is 4.04. The number of carboxylic acids is 1. The third-order valence-corrected chi connectivity index (χ3v) is 2.50. The van der Waals surface area contributed by atoms with Crippen molar-refractivity contribution < 1.29 is 9.90 Å². The van der Waals surface area contributed by atoms with Crippen molar-refractivity contribution in [3.63, 3.8) is 0 Å². The molecule has 2 aromatic heterocycles. The number of carbonyl (C=O) groups is 1. The van der Waals surface area contributed by atoms with Crippen LogP contribution in [0.4, 0.5) is 0 Å². The molecular weight excluding hydrogens is 220 g/mol. The SMILES string of the molecule is CC(C)n1ncnc1Cn1cccc1C(=O)O. The third kappa shape index (κ3) is 2.20. The molecule has 0 saturated heterocycles. The minimum Gasteiger partial charge on any atom is -0.477 e. The molecule has 2 rings (SSSR count). The minimum absolute atomic E-state index is 0.205. The summed E-state index contributed by atoms with van der Waals surface area (Å²) in [7, 11) is 0. The van der Waals surface area contributed by atoms with Gasteiger partial charge >= 0.3 is 5.97 Å². The van der Waals surface area contributed by atoms with E-state index in [0.29, 0.717) is 6.54 Å². The highest BCUT2D eigenvalue weighted by molar-refractivity contribution is 5.85. The first-order valence-corrected chi connectivity index (χ1v) is 5.36. The number of aromatic nitrogens is 4. The first kappa shape index (κ1) is 11.4. The fourth-order valence-electron chi connectivity index (χ4n) is 1.72. The van der Waals surface area contributed by atoms with E-state index in [-0.39, 0.29) is 11.7 Å². The van der Waals surface area contributed by atoms with Crippen LogP contribution in [0.15, 0.2) is 24.7 Å². The van der Waals surface area contributed by atoms with E-state index in [4.69, 9.17) is 5.11 Å². The number of rotatable bonds is 4. The van der Waals surface area contributed by atoms with E-state index in [0.717, 1.165) is 5.82 Å². The Morgan fingerprint density at radius 3 is 2.94 bits per heavy atom. The van der Waals surface area contributed by atoms with E-state index >= 15 is 0 Å². The zero-order chi connectivity index (χ0) is 12.4. The summed E-state index contributed by atoms with van der Waals surface area (Å²) in [6.07, 6.45) is 3.21. The molecule has 0 atom stereocenters. The van der Waals surface area contributed by atoms with E-state index in [1.54, 1.807) is 27.6 Å². The number of hydrogen-bond donors (Lipinski definition) is 1. The summed E-state index contributed by atoms with van der Waals surface area (Å²) in [6, 6.07) is 3.48. The van der Waals surface area contributed by atoms with Crippen LogP contribution in [0.3, 0.4) is 0 Å². The van der Waals surface area contributed by atoms with E-state index < -0.39 is 5.97 Å². The van der Waals surface area contributed by atoms with Gasteiger partial charge in [-0.3, -0.25) is 0 Å². The molecule has 0 aliphatic carbocycles. The molecular formula is C11H14N4O2. The maximum Gasteiger partial charge on any atom is 0.352 e. The number of nitrogens with zero attached hydrogens (tertiary/aromatic N) is 4. The van der Waals surface area contributed by atoms with Crippen LogP contribution >= 0.6 is 0 Å². The second kappa shape index (κ2) is 4.40. The Labute approximate surface area is 98.5 Å². The lowest BCUT2D eigenvalue weighted by Gasteiger charge is -2.10. The van der Waals surface area contributed by atoms with Gasteiger partial charge < -0.3 is 9.67 Å². The fraction of sp³-hybridized carbons (Fsp3) is 0.364. The molecule has 0 fully saturated rings. The van der Waals surface area contributed by atoms with E-state index in [1.807, 2.05) is 13.8 Å². The number of hydrogen-bond acceptors (Lipinski definition) is 3. The average molecular weight is 234 g/mol. The van der Waals surface area contributed by atoms with Gasteiger partial charge in [0.25, 0.3) is 0 Å². The standard InChI is InChI=1S/C11H14N4O2/c1-8(2)15-10(12-7-13-15)6-14-5-3-4-9(14)11(16)17/h3-5,7-8H,6H2,1-2H3,(H,16,17). The molecule has 1 N–H and O–H groups in total. The Morgan fingerprint density at radius 2 is 2.29 bits per heavy atom. The first-order chi connectivity index (χ1) is 8.09. The van der Waals surface area contributed by atoms with Crippen molar-refractivity contribution in [1.82, 2.24) is 19.3 Å². The molecule has 0 spiro atoms. The van der Waals surface area contributed by atoms with E-state index in [9.17, 15) is 4.79 Å². The maximum absolute atomic E-state index is 11.0. The van der Waals surface area contributed by atoms with Crippen molar-refractivity contribution >= 4 is 5.97 Å². The molecule has 2 aromatic rings. The molecule has 0 saturated carbocycles. The Bertz CT molecular complexity index is 527. The van der Waals surface area contributed by atoms with Crippen molar-refractivity contribution in [3.8, 4) is 0 Å². The normalized spacial score (nSPS) is 11.0. The largest absolute Gasteiger partial charge is 0.477 e. The van der Waals surface area contributed by atoms with Gasteiger partial charge in [0.2, 0.25) is 0 Å². The van der Waals surface area contributed by atoms with Crippen LogP contribution in [0.1, 0.15) is 36.2 Å². The predicted octanol–water partition coefficient (Wildman–Crippen LogP) is 1.41. The van der Waals surface area contributed by atoms with E-state index in [2.05, 4.69) is 10.1 Å². The third-order valence-electron chi connectivity index (χ3n) is 2.50. The Balaban J connectivity index is 2.29. The van der Waals surface area contributed by atoms with Crippen molar-refractivity contribution in [2.75, 3.05) is 0 Å². The number of aromatic carboxylic acids is 1. The summed E-state index contributed by atoms with van der Waals surface area (Å²) in [5.74, 6) is -0.190. The molecule has 0 radical (unpaired) electrons. The highest BCUT2D eigenvalue weighted by Gasteiger charge is 2.12. The van der Waals surface area contributed by atoms with Gasteiger partial charge in [-0.15, -0.1) is 0 Å². The summed E-state index contributed by atoms with van der Waals surface area (Å²) in [5, 5.41) is 13.1. The van der Waals surface area contributed by atoms with Gasteiger partial charge in [0.15, 0.2) is 0 Å². The first-order valence-electron chi connectivity index (χ1n) is 5.36. The van der Waals surface area contributed by atoms with Crippen LogP contribution in [0.5, 0.6) is 0 Å². The lowest BCUT2D eigenvalue weighted by Crippen LogP contribution is -2.14. The molecule has 6 heteroatoms. The highest BCUT2D eigenvalue weighted by Crippen LogP contribution is 2.09. The molecule has 0 unspecified atom stereocenters. The topological polar surface area (TPSA) is 72.9 Å². The van der Waals surface area contributed by atoms with Gasteiger partial charge in [-0.1, -0.05) is 0 Å². The molecule has 0 amide bonds. The van der Waals surface area contributed by atoms with Gasteiger partial charge in [-0.25, -0.2) is 14.5 Å². The molecule has 2 heterocycles. The second-order valence-electron chi connectivity index (χ2n) is 4.04. The van der Waals surface area contributed by atoms with Crippen LogP contribution in [0.2, 0.25) is 0 Å². The van der Waals surface area contributed by atoms with Crippen LogP contribution < -0.4 is 0 Å². The monoisotopic (exact) mass is 234 g/mol. The van der Waals surface area contributed by atoms with Crippen molar-refractivity contribution in [1.29, 1.82) is 0 Å². The van der Waals surface area contributed by atoms with Crippen molar-refractivity contribution in [2.24, 2.45) is 0 Å². The minimum atomic E-state index is -0.939. The molecule has 0 aromatic carbocycles. The molecule has 6 nitrogen and oxygen atoms in total. The van der Waals surface area contributed by atoms with E-state index in [1.165, 1.54) is 6.33 Å². The Kier molecular flexibility index (Phi) is 2.95. The summed E-state index contributed by atoms with van der Waals surface area (Å²) in [6.45, 7) is 4.42. The van der Waals surface area contributed by atoms with Crippen molar-refractivity contribution in [2.45, 2.75) is 26.4 Å². The zero-order valence-electron chi connectivity index (χ0n) is 9.74. The molecule has 0 aliphatic rings. The van der Waals surface area contributed by atoms with Gasteiger partial charge in [-0.05, 0) is 26.0 Å². The van der Waals surface area contributed by atoms with Gasteiger partial charge in [0, 0.05) is 12.2 Å². The van der Waals surface area contributed by atoms with Gasteiger partial charge in [0.05, 0.1) is 6.54 Å². The summed E-state index contributed by atoms with van der Waals surface area (Å²) < 4.78 is 3.43. The fourth-order valence-corrected chi connectivity index (χ4v) is 1.72. The summed E-state index contributed by atoms with van der Waals surface area (Å²) in [5.41, 5.74) is 0.253. The van der Waals surface area contributed by atoms with Crippen LogP contribution in [0, 0.1) is 0 Å². The van der Waals surface area contributed by atoms with Crippen LogP contribution in [-0.2, 0) is 6.54 Å². The predicted molar refractivity (Wildman–Crippen MR) is 60.9 cm³/mol.